The third-order valence-corrected chi connectivity index (χ3v) is 5.34. The fraction of sp³-hybridized carbons (Fsp3) is 0.364. The normalized spacial score (nSPS) is 13.9. The van der Waals surface area contributed by atoms with Crippen molar-refractivity contribution < 1.29 is 19.1 Å². The Balaban J connectivity index is 1.52. The van der Waals surface area contributed by atoms with Gasteiger partial charge in [0.15, 0.2) is 11.5 Å². The minimum atomic E-state index is -0.0702. The number of carbonyl (C=O) groups excluding carboxylic acids is 2. The Hall–Kier alpha value is -2.73. The van der Waals surface area contributed by atoms with Crippen LogP contribution in [0.2, 0.25) is 5.02 Å². The van der Waals surface area contributed by atoms with E-state index in [2.05, 4.69) is 0 Å². The van der Waals surface area contributed by atoms with Gasteiger partial charge in [-0.15, -0.1) is 0 Å². The molecule has 2 aromatic carbocycles. The molecule has 0 aromatic heterocycles. The van der Waals surface area contributed by atoms with Gasteiger partial charge in [0.2, 0.25) is 5.91 Å². The Bertz CT molecular complexity index is 862. The molecule has 2 amide bonds. The molecule has 1 fully saturated rings. The summed E-state index contributed by atoms with van der Waals surface area (Å²) in [5, 5.41) is 0.690. The van der Waals surface area contributed by atoms with Gasteiger partial charge in [0.05, 0.1) is 14.2 Å². The topological polar surface area (TPSA) is 59.1 Å². The SMILES string of the molecule is COc1ccc(C(=O)N2CCN(C(=O)CCc3ccc(Cl)cc3)CC2)cc1OC. The van der Waals surface area contributed by atoms with Gasteiger partial charge in [0, 0.05) is 43.2 Å². The standard InChI is InChI=1S/C22H25ClN2O4/c1-28-19-9-6-17(15-20(19)29-2)22(27)25-13-11-24(12-14-25)21(26)10-5-16-3-7-18(23)8-4-16/h3-4,6-9,15H,5,10-14H2,1-2H3. The van der Waals surface area contributed by atoms with Crippen LogP contribution in [0.25, 0.3) is 0 Å². The largest absolute Gasteiger partial charge is 0.493 e. The Morgan fingerprint density at radius 3 is 2.14 bits per heavy atom. The summed E-state index contributed by atoms with van der Waals surface area (Å²) in [4.78, 5) is 28.9. The van der Waals surface area contributed by atoms with E-state index < -0.39 is 0 Å². The summed E-state index contributed by atoms with van der Waals surface area (Å²) < 4.78 is 10.5. The number of piperazine rings is 1. The minimum absolute atomic E-state index is 0.0702. The van der Waals surface area contributed by atoms with Crippen molar-refractivity contribution in [2.75, 3.05) is 40.4 Å². The first-order valence-electron chi connectivity index (χ1n) is 9.55. The lowest BCUT2D eigenvalue weighted by atomic mass is 10.1. The maximum absolute atomic E-state index is 12.8. The maximum Gasteiger partial charge on any atom is 0.254 e. The highest BCUT2D eigenvalue weighted by atomic mass is 35.5. The highest BCUT2D eigenvalue weighted by molar-refractivity contribution is 6.30. The number of aryl methyl sites for hydroxylation is 1. The molecule has 1 aliphatic rings. The van der Waals surface area contributed by atoms with Crippen molar-refractivity contribution in [2.24, 2.45) is 0 Å². The van der Waals surface area contributed by atoms with Crippen LogP contribution in [0.4, 0.5) is 0 Å². The van der Waals surface area contributed by atoms with E-state index >= 15 is 0 Å². The number of halogens is 1. The van der Waals surface area contributed by atoms with E-state index in [-0.39, 0.29) is 11.8 Å². The molecule has 154 valence electrons. The first-order valence-corrected chi connectivity index (χ1v) is 9.93. The second-order valence-corrected chi connectivity index (χ2v) is 7.31. The molecule has 0 saturated carbocycles. The van der Waals surface area contributed by atoms with E-state index in [9.17, 15) is 9.59 Å². The third-order valence-electron chi connectivity index (χ3n) is 5.09. The molecule has 0 spiro atoms. The second-order valence-electron chi connectivity index (χ2n) is 6.87. The third kappa shape index (κ3) is 5.21. The molecule has 29 heavy (non-hydrogen) atoms. The smallest absolute Gasteiger partial charge is 0.254 e. The summed E-state index contributed by atoms with van der Waals surface area (Å²) in [6, 6.07) is 12.7. The maximum atomic E-state index is 12.8. The van der Waals surface area contributed by atoms with Crippen LogP contribution in [0.1, 0.15) is 22.3 Å². The van der Waals surface area contributed by atoms with Gasteiger partial charge in [-0.1, -0.05) is 23.7 Å². The van der Waals surface area contributed by atoms with Crippen molar-refractivity contribution in [1.29, 1.82) is 0 Å². The van der Waals surface area contributed by atoms with Gasteiger partial charge < -0.3 is 19.3 Å². The molecule has 1 saturated heterocycles. The van der Waals surface area contributed by atoms with Gasteiger partial charge in [0.1, 0.15) is 0 Å². The lowest BCUT2D eigenvalue weighted by Crippen LogP contribution is -2.50. The first-order chi connectivity index (χ1) is 14.0. The first kappa shape index (κ1) is 21.0. The number of hydrogen-bond donors (Lipinski definition) is 0. The van der Waals surface area contributed by atoms with Crippen LogP contribution in [-0.2, 0) is 11.2 Å². The van der Waals surface area contributed by atoms with Crippen molar-refractivity contribution in [3.05, 3.63) is 58.6 Å². The van der Waals surface area contributed by atoms with Crippen molar-refractivity contribution in [2.45, 2.75) is 12.8 Å². The van der Waals surface area contributed by atoms with Gasteiger partial charge in [-0.2, -0.15) is 0 Å². The minimum Gasteiger partial charge on any atom is -0.493 e. The predicted octanol–water partition coefficient (Wildman–Crippen LogP) is 3.27. The average Bonchev–Trinajstić information content (AvgIpc) is 2.77. The molecule has 0 aliphatic carbocycles. The van der Waals surface area contributed by atoms with Gasteiger partial charge in [0.25, 0.3) is 5.91 Å². The van der Waals surface area contributed by atoms with E-state index in [0.29, 0.717) is 61.1 Å². The van der Waals surface area contributed by atoms with E-state index in [4.69, 9.17) is 21.1 Å². The Labute approximate surface area is 176 Å². The van der Waals surface area contributed by atoms with Crippen molar-refractivity contribution in [3.8, 4) is 11.5 Å². The molecule has 7 heteroatoms. The molecular formula is C22H25ClN2O4. The summed E-state index contributed by atoms with van der Waals surface area (Å²) in [6.45, 7) is 2.11. The van der Waals surface area contributed by atoms with Gasteiger partial charge >= 0.3 is 0 Å². The zero-order valence-corrected chi connectivity index (χ0v) is 17.4. The number of methoxy groups -OCH3 is 2. The molecule has 0 unspecified atom stereocenters. The fourth-order valence-electron chi connectivity index (χ4n) is 3.37. The molecular weight excluding hydrogens is 392 g/mol. The number of carbonyl (C=O) groups is 2. The number of nitrogens with zero attached hydrogens (tertiary/aromatic N) is 2. The second kappa shape index (κ2) is 9.65. The molecule has 2 aromatic rings. The monoisotopic (exact) mass is 416 g/mol. The Morgan fingerprint density at radius 1 is 0.897 bits per heavy atom. The summed E-state index contributed by atoms with van der Waals surface area (Å²) in [6.07, 6.45) is 1.13. The lowest BCUT2D eigenvalue weighted by Gasteiger charge is -2.35. The van der Waals surface area contributed by atoms with Crippen LogP contribution in [0, 0.1) is 0 Å². The molecule has 0 radical (unpaired) electrons. The van der Waals surface area contributed by atoms with Crippen molar-refractivity contribution in [1.82, 2.24) is 9.80 Å². The number of ether oxygens (including phenoxy) is 2. The molecule has 0 N–H and O–H groups in total. The molecule has 1 heterocycles. The summed E-state index contributed by atoms with van der Waals surface area (Å²) in [5.74, 6) is 1.15. The predicted molar refractivity (Wildman–Crippen MR) is 112 cm³/mol. The average molecular weight is 417 g/mol. The highest BCUT2D eigenvalue weighted by Gasteiger charge is 2.25. The van der Waals surface area contributed by atoms with Crippen molar-refractivity contribution in [3.63, 3.8) is 0 Å². The molecule has 1 aliphatic heterocycles. The van der Waals surface area contributed by atoms with Crippen molar-refractivity contribution >= 4 is 23.4 Å². The summed E-state index contributed by atoms with van der Waals surface area (Å²) in [5.41, 5.74) is 1.63. The molecule has 6 nitrogen and oxygen atoms in total. The van der Waals surface area contributed by atoms with E-state index in [0.717, 1.165) is 5.56 Å². The van der Waals surface area contributed by atoms with Crippen LogP contribution < -0.4 is 9.47 Å². The fourth-order valence-corrected chi connectivity index (χ4v) is 3.50. The number of amides is 2. The Morgan fingerprint density at radius 2 is 1.52 bits per heavy atom. The van der Waals surface area contributed by atoms with E-state index in [1.165, 1.54) is 0 Å². The molecule has 0 bridgehead atoms. The van der Waals surface area contributed by atoms with Gasteiger partial charge in [-0.3, -0.25) is 9.59 Å². The van der Waals surface area contributed by atoms with E-state index in [1.807, 2.05) is 29.2 Å². The van der Waals surface area contributed by atoms with Crippen LogP contribution in [-0.4, -0.2) is 62.0 Å². The lowest BCUT2D eigenvalue weighted by molar-refractivity contribution is -0.132. The van der Waals surface area contributed by atoms with Gasteiger partial charge in [-0.05, 0) is 42.3 Å². The van der Waals surface area contributed by atoms with Crippen LogP contribution in [0.5, 0.6) is 11.5 Å². The van der Waals surface area contributed by atoms with Gasteiger partial charge in [-0.25, -0.2) is 0 Å². The quantitative estimate of drug-likeness (QED) is 0.725. The summed E-state index contributed by atoms with van der Waals surface area (Å²) in [7, 11) is 3.10. The molecule has 0 atom stereocenters. The number of hydrogen-bond acceptors (Lipinski definition) is 4. The highest BCUT2D eigenvalue weighted by Crippen LogP contribution is 2.28. The zero-order chi connectivity index (χ0) is 20.8. The van der Waals surface area contributed by atoms with Crippen LogP contribution in [0.15, 0.2) is 42.5 Å². The molecule has 3 rings (SSSR count). The Kier molecular flexibility index (Phi) is 6.99. The summed E-state index contributed by atoms with van der Waals surface area (Å²) >= 11 is 5.89. The van der Waals surface area contributed by atoms with Crippen LogP contribution in [0.3, 0.4) is 0 Å². The van der Waals surface area contributed by atoms with E-state index in [1.54, 1.807) is 37.3 Å². The number of benzene rings is 2. The van der Waals surface area contributed by atoms with Crippen LogP contribution >= 0.6 is 11.6 Å². The number of rotatable bonds is 6. The zero-order valence-electron chi connectivity index (χ0n) is 16.7.